The van der Waals surface area contributed by atoms with Gasteiger partial charge in [0.1, 0.15) is 18.2 Å². The SMILES string of the molecule is CC(C)(C)c1ccc(-c2noc(CN3CCC(C(=O)NCc4ccc(OCc5ccc(F)cc5)cc4)CC3)n2)cc1. The topological polar surface area (TPSA) is 80.5 Å². The number of benzene rings is 3. The van der Waals surface area contributed by atoms with Crippen LogP contribution in [0.1, 0.15) is 56.2 Å². The highest BCUT2D eigenvalue weighted by Gasteiger charge is 2.26. The Morgan fingerprint density at radius 2 is 1.63 bits per heavy atom. The van der Waals surface area contributed by atoms with Crippen molar-refractivity contribution >= 4 is 5.91 Å². The number of rotatable bonds is 9. The first-order chi connectivity index (χ1) is 19.7. The van der Waals surface area contributed by atoms with Gasteiger partial charge in [-0.2, -0.15) is 4.98 Å². The molecule has 1 aliphatic heterocycles. The van der Waals surface area contributed by atoms with Gasteiger partial charge >= 0.3 is 0 Å². The van der Waals surface area contributed by atoms with Crippen LogP contribution in [-0.2, 0) is 29.9 Å². The monoisotopic (exact) mass is 556 g/mol. The Labute approximate surface area is 240 Å². The van der Waals surface area contributed by atoms with Gasteiger partial charge in [0.15, 0.2) is 0 Å². The van der Waals surface area contributed by atoms with Crippen LogP contribution in [0.4, 0.5) is 4.39 Å². The van der Waals surface area contributed by atoms with Crippen molar-refractivity contribution in [1.29, 1.82) is 0 Å². The number of nitrogens with one attached hydrogen (secondary N) is 1. The lowest BCUT2D eigenvalue weighted by Gasteiger charge is -2.30. The molecule has 7 nitrogen and oxygen atoms in total. The predicted molar refractivity (Wildman–Crippen MR) is 155 cm³/mol. The summed E-state index contributed by atoms with van der Waals surface area (Å²) in [6.07, 6.45) is 1.58. The normalized spacial score (nSPS) is 14.6. The molecule has 1 saturated heterocycles. The summed E-state index contributed by atoms with van der Waals surface area (Å²) in [6.45, 7) is 9.60. The molecular formula is C33H37FN4O3. The molecular weight excluding hydrogens is 519 g/mol. The summed E-state index contributed by atoms with van der Waals surface area (Å²) >= 11 is 0. The van der Waals surface area contributed by atoms with Crippen LogP contribution < -0.4 is 10.1 Å². The third-order valence-electron chi connectivity index (χ3n) is 7.50. The fourth-order valence-electron chi connectivity index (χ4n) is 4.88. The van der Waals surface area contributed by atoms with Crippen LogP contribution in [0.3, 0.4) is 0 Å². The van der Waals surface area contributed by atoms with E-state index in [0.29, 0.717) is 31.4 Å². The fourth-order valence-corrected chi connectivity index (χ4v) is 4.88. The molecule has 41 heavy (non-hydrogen) atoms. The molecule has 214 valence electrons. The van der Waals surface area contributed by atoms with Crippen molar-refractivity contribution in [2.45, 2.75) is 58.7 Å². The molecule has 8 heteroatoms. The summed E-state index contributed by atoms with van der Waals surface area (Å²) in [4.78, 5) is 19.7. The number of aromatic nitrogens is 2. The average molecular weight is 557 g/mol. The number of likely N-dealkylation sites (tertiary alicyclic amines) is 1. The third kappa shape index (κ3) is 7.79. The Bertz CT molecular complexity index is 1420. The third-order valence-corrected chi connectivity index (χ3v) is 7.50. The zero-order valence-electron chi connectivity index (χ0n) is 23.9. The molecule has 1 amide bonds. The minimum absolute atomic E-state index is 0.0101. The Hall–Kier alpha value is -4.04. The van der Waals surface area contributed by atoms with Gasteiger partial charge in [-0.15, -0.1) is 0 Å². The number of nitrogens with zero attached hydrogens (tertiary/aromatic N) is 3. The van der Waals surface area contributed by atoms with Crippen LogP contribution in [0.5, 0.6) is 5.75 Å². The number of ether oxygens (including phenoxy) is 1. The van der Waals surface area contributed by atoms with Crippen LogP contribution in [0, 0.1) is 11.7 Å². The lowest BCUT2D eigenvalue weighted by molar-refractivity contribution is -0.126. The number of hydrogen-bond acceptors (Lipinski definition) is 6. The molecule has 0 saturated carbocycles. The van der Waals surface area contributed by atoms with Crippen molar-refractivity contribution in [2.24, 2.45) is 5.92 Å². The zero-order valence-corrected chi connectivity index (χ0v) is 23.9. The van der Waals surface area contributed by atoms with Crippen LogP contribution in [0.25, 0.3) is 11.4 Å². The number of carbonyl (C=O) groups is 1. The van der Waals surface area contributed by atoms with E-state index in [0.717, 1.165) is 48.4 Å². The number of amides is 1. The first-order valence-corrected chi connectivity index (χ1v) is 14.1. The van der Waals surface area contributed by atoms with E-state index in [9.17, 15) is 9.18 Å². The van der Waals surface area contributed by atoms with E-state index in [1.807, 2.05) is 36.4 Å². The van der Waals surface area contributed by atoms with E-state index < -0.39 is 0 Å². The van der Waals surface area contributed by atoms with Gasteiger partial charge in [0.25, 0.3) is 0 Å². The highest BCUT2D eigenvalue weighted by molar-refractivity contribution is 5.78. The van der Waals surface area contributed by atoms with Crippen molar-refractivity contribution in [3.05, 3.63) is 101 Å². The summed E-state index contributed by atoms with van der Waals surface area (Å²) < 4.78 is 24.3. The second-order valence-corrected chi connectivity index (χ2v) is 11.7. The first-order valence-electron chi connectivity index (χ1n) is 14.1. The Balaban J connectivity index is 1.03. The second kappa shape index (κ2) is 12.6. The molecule has 1 fully saturated rings. The summed E-state index contributed by atoms with van der Waals surface area (Å²) in [5, 5.41) is 7.25. The lowest BCUT2D eigenvalue weighted by Crippen LogP contribution is -2.40. The minimum atomic E-state index is -0.262. The van der Waals surface area contributed by atoms with Crippen LogP contribution in [-0.4, -0.2) is 34.0 Å². The molecule has 0 spiro atoms. The molecule has 0 radical (unpaired) electrons. The Morgan fingerprint density at radius 1 is 0.976 bits per heavy atom. The fraction of sp³-hybridized carbons (Fsp3) is 0.364. The predicted octanol–water partition coefficient (Wildman–Crippen LogP) is 6.28. The van der Waals surface area contributed by atoms with E-state index in [2.05, 4.69) is 53.3 Å². The molecule has 0 aliphatic carbocycles. The molecule has 1 N–H and O–H groups in total. The van der Waals surface area contributed by atoms with E-state index in [1.165, 1.54) is 17.7 Å². The molecule has 1 aromatic heterocycles. The second-order valence-electron chi connectivity index (χ2n) is 11.7. The molecule has 1 aliphatic rings. The highest BCUT2D eigenvalue weighted by Crippen LogP contribution is 2.26. The van der Waals surface area contributed by atoms with E-state index in [4.69, 9.17) is 9.26 Å². The number of hydrogen-bond donors (Lipinski definition) is 1. The van der Waals surface area contributed by atoms with Crippen LogP contribution in [0.15, 0.2) is 77.3 Å². The van der Waals surface area contributed by atoms with Gasteiger partial charge in [-0.25, -0.2) is 4.39 Å². The summed E-state index contributed by atoms with van der Waals surface area (Å²) in [5.41, 5.74) is 4.21. The van der Waals surface area contributed by atoms with Crippen molar-refractivity contribution in [1.82, 2.24) is 20.4 Å². The quantitative estimate of drug-likeness (QED) is 0.261. The van der Waals surface area contributed by atoms with Gasteiger partial charge in [-0.05, 0) is 72.3 Å². The van der Waals surface area contributed by atoms with E-state index in [1.54, 1.807) is 12.1 Å². The van der Waals surface area contributed by atoms with Crippen LogP contribution >= 0.6 is 0 Å². The van der Waals surface area contributed by atoms with Gasteiger partial charge in [-0.1, -0.05) is 74.5 Å². The van der Waals surface area contributed by atoms with Gasteiger partial charge in [0, 0.05) is 18.0 Å². The van der Waals surface area contributed by atoms with Gasteiger partial charge in [0.05, 0.1) is 6.54 Å². The Kier molecular flexibility index (Phi) is 8.78. The zero-order chi connectivity index (χ0) is 28.8. The van der Waals surface area contributed by atoms with Crippen molar-refractivity contribution in [3.8, 4) is 17.1 Å². The number of carbonyl (C=O) groups excluding carboxylic acids is 1. The smallest absolute Gasteiger partial charge is 0.241 e. The summed E-state index contributed by atoms with van der Waals surface area (Å²) in [5.74, 6) is 1.73. The average Bonchev–Trinajstić information content (AvgIpc) is 3.44. The lowest BCUT2D eigenvalue weighted by atomic mass is 9.87. The molecule has 5 rings (SSSR count). The first kappa shape index (κ1) is 28.5. The highest BCUT2D eigenvalue weighted by atomic mass is 19.1. The minimum Gasteiger partial charge on any atom is -0.489 e. The van der Waals surface area contributed by atoms with Gasteiger partial charge < -0.3 is 14.6 Å². The maximum atomic E-state index is 13.0. The van der Waals surface area contributed by atoms with Crippen molar-refractivity contribution < 1.29 is 18.4 Å². The molecule has 0 bridgehead atoms. The summed E-state index contributed by atoms with van der Waals surface area (Å²) in [6, 6.07) is 22.2. The summed E-state index contributed by atoms with van der Waals surface area (Å²) in [7, 11) is 0. The van der Waals surface area contributed by atoms with Crippen LogP contribution in [0.2, 0.25) is 0 Å². The molecule has 4 aromatic rings. The standard InChI is InChI=1S/C33H37FN4O3/c1-33(2,3)27-10-8-25(9-11-27)31-36-30(41-37-31)21-38-18-16-26(17-19-38)32(39)35-20-23-6-14-29(15-7-23)40-22-24-4-12-28(34)13-5-24/h4-15,26H,16-22H2,1-3H3,(H,35,39). The molecule has 2 heterocycles. The maximum Gasteiger partial charge on any atom is 0.241 e. The molecule has 3 aromatic carbocycles. The molecule has 0 atom stereocenters. The number of piperidine rings is 1. The van der Waals surface area contributed by atoms with Crippen molar-refractivity contribution in [3.63, 3.8) is 0 Å². The number of halogens is 1. The van der Waals surface area contributed by atoms with Crippen molar-refractivity contribution in [2.75, 3.05) is 13.1 Å². The molecule has 0 unspecified atom stereocenters. The largest absolute Gasteiger partial charge is 0.489 e. The van der Waals surface area contributed by atoms with Gasteiger partial charge in [-0.3, -0.25) is 9.69 Å². The Morgan fingerprint density at radius 3 is 2.29 bits per heavy atom. The van der Waals surface area contributed by atoms with E-state index >= 15 is 0 Å². The van der Waals surface area contributed by atoms with Gasteiger partial charge in [0.2, 0.25) is 17.6 Å². The maximum absolute atomic E-state index is 13.0. The van der Waals surface area contributed by atoms with E-state index in [-0.39, 0.29) is 23.1 Å².